The van der Waals surface area contributed by atoms with E-state index in [1.165, 1.54) is 0 Å². The van der Waals surface area contributed by atoms with Gasteiger partial charge in [0, 0.05) is 10.7 Å². The molecule has 0 aliphatic carbocycles. The Morgan fingerprint density at radius 3 is 2.64 bits per heavy atom. The maximum atomic E-state index is 5.83. The van der Waals surface area contributed by atoms with Crippen LogP contribution in [0.3, 0.4) is 0 Å². The third-order valence-corrected chi connectivity index (χ3v) is 2.69. The number of halogens is 2. The molecule has 0 saturated carbocycles. The van der Waals surface area contributed by atoms with Crippen molar-refractivity contribution in [2.45, 2.75) is 0 Å². The average Bonchev–Trinajstić information content (AvgIpc) is 2.56. The third kappa shape index (κ3) is 1.83. The van der Waals surface area contributed by atoms with E-state index < -0.39 is 0 Å². The van der Waals surface area contributed by atoms with Crippen LogP contribution in [0.5, 0.6) is 0 Å². The van der Waals surface area contributed by atoms with E-state index in [0.717, 1.165) is 14.6 Å². The number of hydrogen-bond acceptors (Lipinski definition) is 2. The molecule has 2 rings (SSSR count). The molecule has 1 aromatic heterocycles. The molecule has 2 N–H and O–H groups in total. The molecule has 1 aromatic carbocycles. The fraction of sp³-hybridized carbons (Fsp3) is 0. The predicted molar refractivity (Wildman–Crippen MR) is 63.4 cm³/mol. The van der Waals surface area contributed by atoms with E-state index in [1.54, 1.807) is 10.9 Å². The van der Waals surface area contributed by atoms with Crippen molar-refractivity contribution in [3.8, 4) is 5.69 Å². The minimum Gasteiger partial charge on any atom is -0.397 e. The van der Waals surface area contributed by atoms with Crippen LogP contribution in [-0.2, 0) is 0 Å². The molecule has 1 heterocycles. The van der Waals surface area contributed by atoms with E-state index >= 15 is 0 Å². The topological polar surface area (TPSA) is 43.8 Å². The monoisotopic (exact) mass is 315 g/mol. The first-order valence-electron chi connectivity index (χ1n) is 3.92. The molecule has 3 nitrogen and oxygen atoms in total. The number of hydrogen-bond donors (Lipinski definition) is 1. The Morgan fingerprint density at radius 1 is 1.21 bits per heavy atom. The second-order valence-corrected chi connectivity index (χ2v) is 4.64. The zero-order valence-corrected chi connectivity index (χ0v) is 10.3. The summed E-state index contributed by atoms with van der Waals surface area (Å²) in [5.74, 6) is 0. The smallest absolute Gasteiger partial charge is 0.0886 e. The van der Waals surface area contributed by atoms with Crippen LogP contribution in [0, 0.1) is 0 Å². The molecule has 0 aliphatic heterocycles. The third-order valence-electron chi connectivity index (χ3n) is 1.79. The van der Waals surface area contributed by atoms with Crippen molar-refractivity contribution < 1.29 is 0 Å². The van der Waals surface area contributed by atoms with Gasteiger partial charge in [0.2, 0.25) is 0 Å². The van der Waals surface area contributed by atoms with Crippen molar-refractivity contribution in [2.75, 3.05) is 5.73 Å². The summed E-state index contributed by atoms with van der Waals surface area (Å²) in [6.45, 7) is 0. The summed E-state index contributed by atoms with van der Waals surface area (Å²) in [6.07, 6.45) is 3.58. The minimum absolute atomic E-state index is 0.698. The highest BCUT2D eigenvalue weighted by atomic mass is 79.9. The number of nitrogen functional groups attached to an aromatic ring is 1. The summed E-state index contributed by atoms with van der Waals surface area (Å²) in [4.78, 5) is 0. The fourth-order valence-electron chi connectivity index (χ4n) is 1.15. The molecular weight excluding hydrogens is 310 g/mol. The van der Waals surface area contributed by atoms with Crippen LogP contribution in [-0.4, -0.2) is 9.78 Å². The van der Waals surface area contributed by atoms with E-state index in [9.17, 15) is 0 Å². The Balaban J connectivity index is 2.55. The van der Waals surface area contributed by atoms with E-state index in [2.05, 4.69) is 37.0 Å². The van der Waals surface area contributed by atoms with Gasteiger partial charge < -0.3 is 5.73 Å². The van der Waals surface area contributed by atoms with Crippen molar-refractivity contribution >= 4 is 37.5 Å². The number of benzene rings is 1. The Morgan fingerprint density at radius 2 is 2.00 bits per heavy atom. The van der Waals surface area contributed by atoms with E-state index in [0.29, 0.717) is 5.69 Å². The fourth-order valence-corrected chi connectivity index (χ4v) is 1.78. The van der Waals surface area contributed by atoms with E-state index in [4.69, 9.17) is 5.73 Å². The average molecular weight is 317 g/mol. The van der Waals surface area contributed by atoms with Crippen LogP contribution in [0.1, 0.15) is 0 Å². The number of nitrogens with two attached hydrogens (primary N) is 1. The van der Waals surface area contributed by atoms with Crippen molar-refractivity contribution in [1.29, 1.82) is 0 Å². The van der Waals surface area contributed by atoms with Gasteiger partial charge >= 0.3 is 0 Å². The first-order chi connectivity index (χ1) is 6.66. The lowest BCUT2D eigenvalue weighted by atomic mass is 10.3. The number of aromatic nitrogens is 2. The first kappa shape index (κ1) is 9.73. The van der Waals surface area contributed by atoms with Gasteiger partial charge in [-0.05, 0) is 34.1 Å². The summed E-state index contributed by atoms with van der Waals surface area (Å²) < 4.78 is 3.63. The molecule has 0 radical (unpaired) electrons. The summed E-state index contributed by atoms with van der Waals surface area (Å²) in [5.41, 5.74) is 7.40. The zero-order valence-electron chi connectivity index (χ0n) is 7.11. The van der Waals surface area contributed by atoms with Crippen molar-refractivity contribution in [3.05, 3.63) is 39.5 Å². The van der Waals surface area contributed by atoms with Gasteiger partial charge in [-0.2, -0.15) is 5.10 Å². The molecule has 0 bridgehead atoms. The van der Waals surface area contributed by atoms with Crippen molar-refractivity contribution in [3.63, 3.8) is 0 Å². The molecule has 14 heavy (non-hydrogen) atoms. The van der Waals surface area contributed by atoms with Crippen molar-refractivity contribution in [2.24, 2.45) is 0 Å². The van der Waals surface area contributed by atoms with Gasteiger partial charge in [-0.3, -0.25) is 0 Å². The normalized spacial score (nSPS) is 10.4. The molecule has 0 saturated heterocycles. The van der Waals surface area contributed by atoms with Crippen molar-refractivity contribution in [1.82, 2.24) is 9.78 Å². The molecule has 2 aromatic rings. The summed E-state index contributed by atoms with van der Waals surface area (Å²) in [6, 6.07) is 5.67. The number of rotatable bonds is 1. The van der Waals surface area contributed by atoms with Crippen LogP contribution < -0.4 is 5.73 Å². The Labute approximate surface area is 98.2 Å². The van der Waals surface area contributed by atoms with Crippen LogP contribution in [0.15, 0.2) is 39.5 Å². The van der Waals surface area contributed by atoms with E-state index in [1.807, 2.05) is 24.4 Å². The molecule has 0 fully saturated rings. The molecule has 0 spiro atoms. The lowest BCUT2D eigenvalue weighted by molar-refractivity contribution is 0.882. The highest BCUT2D eigenvalue weighted by Crippen LogP contribution is 2.22. The van der Waals surface area contributed by atoms with Gasteiger partial charge in [-0.25, -0.2) is 4.68 Å². The second kappa shape index (κ2) is 3.74. The molecule has 0 amide bonds. The Kier molecular flexibility index (Phi) is 2.60. The van der Waals surface area contributed by atoms with Gasteiger partial charge in [0.05, 0.1) is 22.0 Å². The molecule has 5 heteroatoms. The molecular formula is C9H7Br2N3. The van der Waals surface area contributed by atoms with Gasteiger partial charge in [0.25, 0.3) is 0 Å². The Bertz CT molecular complexity index is 465. The number of nitrogens with zero attached hydrogens (tertiary/aromatic N) is 2. The minimum atomic E-state index is 0.698. The predicted octanol–water partition coefficient (Wildman–Crippen LogP) is 2.98. The molecule has 0 aliphatic rings. The van der Waals surface area contributed by atoms with Gasteiger partial charge in [0.15, 0.2) is 0 Å². The zero-order chi connectivity index (χ0) is 10.1. The van der Waals surface area contributed by atoms with E-state index in [-0.39, 0.29) is 0 Å². The van der Waals surface area contributed by atoms with Gasteiger partial charge in [-0.15, -0.1) is 0 Å². The molecule has 0 unspecified atom stereocenters. The quantitative estimate of drug-likeness (QED) is 0.822. The lowest BCUT2D eigenvalue weighted by Gasteiger charge is -2.05. The standard InChI is InChI=1S/C9H7Br2N3/c10-6-1-2-8(12)9(3-6)14-5-7(11)4-13-14/h1-5H,12H2. The molecule has 0 atom stereocenters. The molecule has 72 valence electrons. The summed E-state index contributed by atoms with van der Waals surface area (Å²) in [5, 5.41) is 4.16. The largest absolute Gasteiger partial charge is 0.397 e. The number of anilines is 1. The first-order valence-corrected chi connectivity index (χ1v) is 5.51. The van der Waals surface area contributed by atoms with Gasteiger partial charge in [-0.1, -0.05) is 15.9 Å². The second-order valence-electron chi connectivity index (χ2n) is 2.81. The Hall–Kier alpha value is -0.810. The highest BCUT2D eigenvalue weighted by Gasteiger charge is 2.03. The lowest BCUT2D eigenvalue weighted by Crippen LogP contribution is -1.99. The van der Waals surface area contributed by atoms with Crippen LogP contribution in [0.25, 0.3) is 5.69 Å². The SMILES string of the molecule is Nc1ccc(Br)cc1-n1cc(Br)cn1. The van der Waals surface area contributed by atoms with Gasteiger partial charge in [0.1, 0.15) is 0 Å². The van der Waals surface area contributed by atoms with Crippen LogP contribution >= 0.6 is 31.9 Å². The van der Waals surface area contributed by atoms with Crippen LogP contribution in [0.4, 0.5) is 5.69 Å². The maximum Gasteiger partial charge on any atom is 0.0886 e. The highest BCUT2D eigenvalue weighted by molar-refractivity contribution is 9.10. The van der Waals surface area contributed by atoms with Crippen LogP contribution in [0.2, 0.25) is 0 Å². The summed E-state index contributed by atoms with van der Waals surface area (Å²) in [7, 11) is 0. The summed E-state index contributed by atoms with van der Waals surface area (Å²) >= 11 is 6.73. The maximum absolute atomic E-state index is 5.83.